The van der Waals surface area contributed by atoms with Crippen molar-refractivity contribution in [3.8, 4) is 0 Å². The van der Waals surface area contributed by atoms with Crippen molar-refractivity contribution < 1.29 is 24.4 Å². The van der Waals surface area contributed by atoms with E-state index in [4.69, 9.17) is 4.63 Å². The van der Waals surface area contributed by atoms with Crippen molar-refractivity contribution in [3.05, 3.63) is 82.8 Å². The fraction of sp³-hybridized carbons (Fsp3) is 0.308. The maximum atomic E-state index is 12.6. The van der Waals surface area contributed by atoms with Crippen molar-refractivity contribution in [1.29, 1.82) is 0 Å². The minimum Gasteiger partial charge on any atom is -0.480 e. The first-order valence-electron chi connectivity index (χ1n) is 11.8. The summed E-state index contributed by atoms with van der Waals surface area (Å²) in [6.07, 6.45) is 1.86. The maximum absolute atomic E-state index is 12.6. The Labute approximate surface area is 207 Å². The molecule has 0 unspecified atom stereocenters. The molecule has 1 fully saturated rings. The van der Waals surface area contributed by atoms with Gasteiger partial charge in [0.05, 0.1) is 5.56 Å². The lowest BCUT2D eigenvalue weighted by atomic mass is 10.0. The van der Waals surface area contributed by atoms with Crippen LogP contribution in [0.25, 0.3) is 10.9 Å². The Morgan fingerprint density at radius 2 is 1.75 bits per heavy atom. The fourth-order valence-corrected chi connectivity index (χ4v) is 4.85. The van der Waals surface area contributed by atoms with Crippen LogP contribution in [-0.4, -0.2) is 73.0 Å². The van der Waals surface area contributed by atoms with Crippen LogP contribution in [0.3, 0.4) is 0 Å². The van der Waals surface area contributed by atoms with Gasteiger partial charge in [-0.25, -0.2) is 9.42 Å². The Morgan fingerprint density at radius 3 is 2.39 bits per heavy atom. The molecule has 2 aromatic carbocycles. The van der Waals surface area contributed by atoms with E-state index in [0.29, 0.717) is 50.3 Å². The second kappa shape index (κ2) is 9.92. The van der Waals surface area contributed by atoms with E-state index in [2.05, 4.69) is 15.2 Å². The Morgan fingerprint density at radius 1 is 1.00 bits per heavy atom. The van der Waals surface area contributed by atoms with E-state index < -0.39 is 18.0 Å². The predicted octanol–water partition coefficient (Wildman–Crippen LogP) is 3.02. The molecule has 10 heteroatoms. The average molecular weight is 490 g/mol. The molecule has 186 valence electrons. The van der Waals surface area contributed by atoms with Crippen LogP contribution in [0.15, 0.2) is 59.4 Å². The van der Waals surface area contributed by atoms with Gasteiger partial charge in [-0.3, -0.25) is 14.6 Å². The maximum Gasteiger partial charge on any atom is 0.335 e. The molecule has 5 rings (SSSR count). The molecule has 0 bridgehead atoms. The van der Waals surface area contributed by atoms with Gasteiger partial charge in [0.2, 0.25) is 0 Å². The predicted molar refractivity (Wildman–Crippen MR) is 131 cm³/mol. The first-order valence-corrected chi connectivity index (χ1v) is 11.8. The Kier molecular flexibility index (Phi) is 6.53. The van der Waals surface area contributed by atoms with Crippen LogP contribution in [0.1, 0.15) is 38.9 Å². The summed E-state index contributed by atoms with van der Waals surface area (Å²) in [6.45, 7) is 5.47. The monoisotopic (exact) mass is 489 g/mol. The number of piperazine rings is 1. The molecule has 1 aliphatic heterocycles. The number of benzene rings is 2. The van der Waals surface area contributed by atoms with Crippen molar-refractivity contribution >= 4 is 22.8 Å². The van der Waals surface area contributed by atoms with Gasteiger partial charge in [-0.1, -0.05) is 46.7 Å². The average Bonchev–Trinajstić information content (AvgIpc) is 3.43. The number of fused-ring (bicyclic) bond motifs is 1. The van der Waals surface area contributed by atoms with E-state index in [9.17, 15) is 19.8 Å². The van der Waals surface area contributed by atoms with E-state index in [-0.39, 0.29) is 5.56 Å². The highest BCUT2D eigenvalue weighted by Gasteiger charge is 2.33. The zero-order valence-corrected chi connectivity index (χ0v) is 19.9. The third-order valence-electron chi connectivity index (χ3n) is 6.78. The van der Waals surface area contributed by atoms with Crippen LogP contribution in [0.4, 0.5) is 0 Å². The standard InChI is InChI=1S/C26H27N5O5/c1-17-22(28-36-27-17)16-29-9-11-30(12-10-29)24(26(34)35)21-15-31(14-18-5-3-2-4-6-18)23-13-19(25(32)33)7-8-20(21)23/h2-8,13,15,24H,9-12,14,16H2,1H3,(H,32,33)(H,34,35)/t24-/m0/s1. The molecule has 1 aliphatic rings. The summed E-state index contributed by atoms with van der Waals surface area (Å²) in [6, 6.07) is 13.8. The SMILES string of the molecule is Cc1nonc1CN1CCN([C@H](C(=O)O)c2cn(Cc3ccccc3)c3cc(C(=O)O)ccc23)CC1. The van der Waals surface area contributed by atoms with Gasteiger partial charge in [-0.2, -0.15) is 0 Å². The van der Waals surface area contributed by atoms with E-state index in [1.165, 1.54) is 6.07 Å². The number of hydrogen-bond donors (Lipinski definition) is 2. The highest BCUT2D eigenvalue weighted by Crippen LogP contribution is 2.32. The number of aliphatic carboxylic acids is 1. The number of aromatic nitrogens is 3. The minimum absolute atomic E-state index is 0.166. The van der Waals surface area contributed by atoms with Crippen molar-refractivity contribution in [2.24, 2.45) is 0 Å². The molecule has 2 aromatic heterocycles. The highest BCUT2D eigenvalue weighted by molar-refractivity contribution is 5.96. The minimum atomic E-state index is -1.02. The van der Waals surface area contributed by atoms with Crippen LogP contribution >= 0.6 is 0 Å². The first kappa shape index (κ1) is 23.7. The van der Waals surface area contributed by atoms with Gasteiger partial charge in [0.15, 0.2) is 0 Å². The highest BCUT2D eigenvalue weighted by atomic mass is 16.6. The normalized spacial score (nSPS) is 15.8. The Hall–Kier alpha value is -4.02. The van der Waals surface area contributed by atoms with Crippen molar-refractivity contribution in [1.82, 2.24) is 24.7 Å². The van der Waals surface area contributed by atoms with Crippen LogP contribution in [0, 0.1) is 6.92 Å². The van der Waals surface area contributed by atoms with Crippen LogP contribution in [-0.2, 0) is 17.9 Å². The van der Waals surface area contributed by atoms with Gasteiger partial charge in [-0.15, -0.1) is 0 Å². The zero-order chi connectivity index (χ0) is 25.2. The third kappa shape index (κ3) is 4.73. The molecule has 10 nitrogen and oxygen atoms in total. The molecule has 3 heterocycles. The topological polar surface area (TPSA) is 125 Å². The molecule has 1 saturated heterocycles. The number of carbonyl (C=O) groups is 2. The lowest BCUT2D eigenvalue weighted by Crippen LogP contribution is -2.48. The number of carboxylic acid groups (broad SMARTS) is 2. The smallest absolute Gasteiger partial charge is 0.335 e. The summed E-state index contributed by atoms with van der Waals surface area (Å²) in [4.78, 5) is 28.4. The van der Waals surface area contributed by atoms with Gasteiger partial charge >= 0.3 is 11.9 Å². The Bertz CT molecular complexity index is 1390. The molecule has 1 atom stereocenters. The number of carboxylic acids is 2. The van der Waals surface area contributed by atoms with Crippen LogP contribution in [0.2, 0.25) is 0 Å². The number of aromatic carboxylic acids is 1. The second-order valence-electron chi connectivity index (χ2n) is 9.08. The molecule has 0 aliphatic carbocycles. The summed E-state index contributed by atoms with van der Waals surface area (Å²) >= 11 is 0. The molecule has 0 spiro atoms. The summed E-state index contributed by atoms with van der Waals surface area (Å²) < 4.78 is 6.73. The summed E-state index contributed by atoms with van der Waals surface area (Å²) in [7, 11) is 0. The lowest BCUT2D eigenvalue weighted by molar-refractivity contribution is -0.144. The molecule has 36 heavy (non-hydrogen) atoms. The van der Waals surface area contributed by atoms with E-state index in [1.54, 1.807) is 12.1 Å². The van der Waals surface area contributed by atoms with Gasteiger partial charge in [0.1, 0.15) is 17.4 Å². The van der Waals surface area contributed by atoms with Gasteiger partial charge < -0.3 is 14.8 Å². The number of aryl methyl sites for hydroxylation is 1. The number of rotatable bonds is 8. The van der Waals surface area contributed by atoms with Crippen molar-refractivity contribution in [3.63, 3.8) is 0 Å². The molecule has 4 aromatic rings. The van der Waals surface area contributed by atoms with Crippen LogP contribution in [0.5, 0.6) is 0 Å². The lowest BCUT2D eigenvalue weighted by Gasteiger charge is -2.37. The second-order valence-corrected chi connectivity index (χ2v) is 9.08. The van der Waals surface area contributed by atoms with Gasteiger partial charge in [0, 0.05) is 61.9 Å². The largest absolute Gasteiger partial charge is 0.480 e. The van der Waals surface area contributed by atoms with Gasteiger partial charge in [-0.05, 0) is 24.6 Å². The molecule has 0 amide bonds. The van der Waals surface area contributed by atoms with E-state index in [0.717, 1.165) is 22.3 Å². The summed E-state index contributed by atoms with van der Waals surface area (Å²) in [5, 5.41) is 28.4. The fourth-order valence-electron chi connectivity index (χ4n) is 4.85. The molecular weight excluding hydrogens is 462 g/mol. The molecule has 0 saturated carbocycles. The summed E-state index contributed by atoms with van der Waals surface area (Å²) in [5.74, 6) is -1.95. The van der Waals surface area contributed by atoms with E-state index >= 15 is 0 Å². The number of hydrogen-bond acceptors (Lipinski definition) is 7. The van der Waals surface area contributed by atoms with Crippen molar-refractivity contribution in [2.75, 3.05) is 26.2 Å². The first-order chi connectivity index (χ1) is 17.4. The van der Waals surface area contributed by atoms with E-state index in [1.807, 2.05) is 52.9 Å². The zero-order valence-electron chi connectivity index (χ0n) is 19.9. The number of nitrogens with zero attached hydrogens (tertiary/aromatic N) is 5. The quantitative estimate of drug-likeness (QED) is 0.384. The molecular formula is C26H27N5O5. The Balaban J connectivity index is 1.45. The van der Waals surface area contributed by atoms with Gasteiger partial charge in [0.25, 0.3) is 0 Å². The van der Waals surface area contributed by atoms with Crippen LogP contribution < -0.4 is 0 Å². The van der Waals surface area contributed by atoms with Crippen molar-refractivity contribution in [2.45, 2.75) is 26.1 Å². The third-order valence-corrected chi connectivity index (χ3v) is 6.78. The molecule has 2 N–H and O–H groups in total. The molecule has 0 radical (unpaired) electrons. The summed E-state index contributed by atoms with van der Waals surface area (Å²) in [5.41, 5.74) is 4.12.